The summed E-state index contributed by atoms with van der Waals surface area (Å²) in [5.74, 6) is 0. The molecule has 0 saturated carbocycles. The van der Waals surface area contributed by atoms with Crippen LogP contribution in [0.15, 0.2) is 0 Å². The summed E-state index contributed by atoms with van der Waals surface area (Å²) < 4.78 is 0. The lowest BCUT2D eigenvalue weighted by atomic mass is 10.1. The molecule has 1 heterocycles. The molecular formula is C10H23N3. The van der Waals surface area contributed by atoms with Crippen LogP contribution >= 0.6 is 0 Å². The van der Waals surface area contributed by atoms with Crippen LogP contribution in [0.2, 0.25) is 0 Å². The highest BCUT2D eigenvalue weighted by Crippen LogP contribution is 2.08. The number of hydrogen-bond acceptors (Lipinski definition) is 3. The van der Waals surface area contributed by atoms with Crippen molar-refractivity contribution in [1.82, 2.24) is 9.80 Å². The van der Waals surface area contributed by atoms with Crippen molar-refractivity contribution in [2.24, 2.45) is 5.73 Å². The molecule has 1 atom stereocenters. The van der Waals surface area contributed by atoms with E-state index >= 15 is 0 Å². The lowest BCUT2D eigenvalue weighted by Gasteiger charge is -2.36. The fourth-order valence-electron chi connectivity index (χ4n) is 1.86. The molecule has 1 saturated heterocycles. The normalized spacial score (nSPS) is 23.3. The second-order valence-corrected chi connectivity index (χ2v) is 4.12. The van der Waals surface area contributed by atoms with Crippen LogP contribution in [-0.2, 0) is 0 Å². The van der Waals surface area contributed by atoms with Gasteiger partial charge in [-0.1, -0.05) is 0 Å². The molecular weight excluding hydrogens is 162 g/mol. The van der Waals surface area contributed by atoms with Crippen molar-refractivity contribution >= 4 is 0 Å². The number of nitrogens with zero attached hydrogens (tertiary/aromatic N) is 2. The third-order valence-corrected chi connectivity index (χ3v) is 2.99. The second kappa shape index (κ2) is 5.58. The molecule has 3 nitrogen and oxygen atoms in total. The standard InChI is InChI=1S/C10H23N3/c1-10(4-3-5-11)13-8-6-12(2)7-9-13/h10H,3-9,11H2,1-2H3. The van der Waals surface area contributed by atoms with Crippen molar-refractivity contribution < 1.29 is 0 Å². The third-order valence-electron chi connectivity index (χ3n) is 2.99. The van der Waals surface area contributed by atoms with Crippen molar-refractivity contribution in [3.63, 3.8) is 0 Å². The first-order valence-corrected chi connectivity index (χ1v) is 5.36. The average molecular weight is 185 g/mol. The molecule has 0 radical (unpaired) electrons. The van der Waals surface area contributed by atoms with E-state index in [2.05, 4.69) is 23.8 Å². The van der Waals surface area contributed by atoms with Gasteiger partial charge in [0.1, 0.15) is 0 Å². The summed E-state index contributed by atoms with van der Waals surface area (Å²) in [5, 5.41) is 0. The number of piperazine rings is 1. The lowest BCUT2D eigenvalue weighted by Crippen LogP contribution is -2.48. The highest BCUT2D eigenvalue weighted by atomic mass is 15.3. The van der Waals surface area contributed by atoms with Gasteiger partial charge in [0.25, 0.3) is 0 Å². The van der Waals surface area contributed by atoms with Crippen LogP contribution in [0.5, 0.6) is 0 Å². The Bertz CT molecular complexity index is 130. The summed E-state index contributed by atoms with van der Waals surface area (Å²) in [6.45, 7) is 8.03. The van der Waals surface area contributed by atoms with E-state index < -0.39 is 0 Å². The minimum atomic E-state index is 0.720. The molecule has 1 rings (SSSR count). The molecule has 0 bridgehead atoms. The molecule has 0 aromatic carbocycles. The Morgan fingerprint density at radius 3 is 2.38 bits per heavy atom. The van der Waals surface area contributed by atoms with Crippen LogP contribution in [0.4, 0.5) is 0 Å². The van der Waals surface area contributed by atoms with Gasteiger partial charge in [-0.25, -0.2) is 0 Å². The van der Waals surface area contributed by atoms with Gasteiger partial charge >= 0.3 is 0 Å². The van der Waals surface area contributed by atoms with Gasteiger partial charge in [-0.15, -0.1) is 0 Å². The summed E-state index contributed by atoms with van der Waals surface area (Å²) in [6, 6.07) is 0.720. The van der Waals surface area contributed by atoms with Crippen molar-refractivity contribution in [3.05, 3.63) is 0 Å². The van der Waals surface area contributed by atoms with Gasteiger partial charge in [0, 0.05) is 32.2 Å². The predicted molar refractivity (Wildman–Crippen MR) is 56.8 cm³/mol. The fourth-order valence-corrected chi connectivity index (χ4v) is 1.86. The zero-order valence-electron chi connectivity index (χ0n) is 9.00. The zero-order valence-corrected chi connectivity index (χ0v) is 9.00. The van der Waals surface area contributed by atoms with E-state index in [-0.39, 0.29) is 0 Å². The third kappa shape index (κ3) is 3.63. The summed E-state index contributed by atoms with van der Waals surface area (Å²) in [6.07, 6.45) is 2.41. The minimum absolute atomic E-state index is 0.720. The van der Waals surface area contributed by atoms with Gasteiger partial charge in [0.15, 0.2) is 0 Å². The Morgan fingerprint density at radius 2 is 1.85 bits per heavy atom. The largest absolute Gasteiger partial charge is 0.330 e. The molecule has 13 heavy (non-hydrogen) atoms. The predicted octanol–water partition coefficient (Wildman–Crippen LogP) is 0.361. The van der Waals surface area contributed by atoms with Crippen LogP contribution in [0.1, 0.15) is 19.8 Å². The van der Waals surface area contributed by atoms with E-state index in [9.17, 15) is 0 Å². The minimum Gasteiger partial charge on any atom is -0.330 e. The van der Waals surface area contributed by atoms with Gasteiger partial charge < -0.3 is 10.6 Å². The maximum absolute atomic E-state index is 5.50. The summed E-state index contributed by atoms with van der Waals surface area (Å²) in [5.41, 5.74) is 5.50. The van der Waals surface area contributed by atoms with Gasteiger partial charge in [-0.05, 0) is 33.4 Å². The molecule has 0 amide bonds. The average Bonchev–Trinajstić information content (AvgIpc) is 2.15. The molecule has 2 N–H and O–H groups in total. The summed E-state index contributed by atoms with van der Waals surface area (Å²) in [7, 11) is 2.20. The van der Waals surface area contributed by atoms with Crippen LogP contribution in [0.3, 0.4) is 0 Å². The van der Waals surface area contributed by atoms with E-state index in [0.717, 1.165) is 19.0 Å². The van der Waals surface area contributed by atoms with E-state index in [0.29, 0.717) is 0 Å². The van der Waals surface area contributed by atoms with Crippen LogP contribution in [-0.4, -0.2) is 55.6 Å². The Morgan fingerprint density at radius 1 is 1.23 bits per heavy atom. The first-order valence-electron chi connectivity index (χ1n) is 5.36. The van der Waals surface area contributed by atoms with Crippen LogP contribution < -0.4 is 5.73 Å². The monoisotopic (exact) mass is 185 g/mol. The maximum atomic E-state index is 5.50. The fraction of sp³-hybridized carbons (Fsp3) is 1.00. The van der Waals surface area contributed by atoms with E-state index in [4.69, 9.17) is 5.73 Å². The van der Waals surface area contributed by atoms with Crippen molar-refractivity contribution in [3.8, 4) is 0 Å². The maximum Gasteiger partial charge on any atom is 0.0113 e. The molecule has 3 heteroatoms. The lowest BCUT2D eigenvalue weighted by molar-refractivity contribution is 0.114. The number of likely N-dealkylation sites (N-methyl/N-ethyl adjacent to an activating group) is 1. The first-order chi connectivity index (χ1) is 6.24. The van der Waals surface area contributed by atoms with Gasteiger partial charge in [-0.2, -0.15) is 0 Å². The Hall–Kier alpha value is -0.120. The Balaban J connectivity index is 2.19. The molecule has 1 unspecified atom stereocenters. The van der Waals surface area contributed by atoms with Gasteiger partial charge in [0.05, 0.1) is 0 Å². The van der Waals surface area contributed by atoms with E-state index in [1.54, 1.807) is 0 Å². The molecule has 1 aliphatic rings. The highest BCUT2D eigenvalue weighted by Gasteiger charge is 2.17. The first kappa shape index (κ1) is 11.0. The van der Waals surface area contributed by atoms with Crippen molar-refractivity contribution in [2.75, 3.05) is 39.8 Å². The molecule has 0 spiro atoms. The molecule has 0 aromatic heterocycles. The summed E-state index contributed by atoms with van der Waals surface area (Å²) >= 11 is 0. The van der Waals surface area contributed by atoms with Crippen LogP contribution in [0.25, 0.3) is 0 Å². The quantitative estimate of drug-likeness (QED) is 0.686. The Kier molecular flexibility index (Phi) is 4.70. The van der Waals surface area contributed by atoms with E-state index in [1.807, 2.05) is 0 Å². The highest BCUT2D eigenvalue weighted by molar-refractivity contribution is 4.74. The van der Waals surface area contributed by atoms with Gasteiger partial charge in [0.2, 0.25) is 0 Å². The molecule has 0 aromatic rings. The number of rotatable bonds is 4. The number of nitrogens with two attached hydrogens (primary N) is 1. The summed E-state index contributed by atoms with van der Waals surface area (Å²) in [4.78, 5) is 4.97. The number of hydrogen-bond donors (Lipinski definition) is 1. The van der Waals surface area contributed by atoms with Gasteiger partial charge in [-0.3, -0.25) is 4.90 Å². The molecule has 1 fully saturated rings. The van der Waals surface area contributed by atoms with Crippen LogP contribution in [0, 0.1) is 0 Å². The SMILES string of the molecule is CC(CCCN)N1CCN(C)CC1. The smallest absolute Gasteiger partial charge is 0.0113 e. The zero-order chi connectivity index (χ0) is 9.68. The van der Waals surface area contributed by atoms with Crippen molar-refractivity contribution in [2.45, 2.75) is 25.8 Å². The second-order valence-electron chi connectivity index (χ2n) is 4.12. The molecule has 78 valence electrons. The molecule has 1 aliphatic heterocycles. The van der Waals surface area contributed by atoms with E-state index in [1.165, 1.54) is 32.6 Å². The molecule has 0 aliphatic carbocycles. The topological polar surface area (TPSA) is 32.5 Å². The van der Waals surface area contributed by atoms with Crippen molar-refractivity contribution in [1.29, 1.82) is 0 Å². The Labute approximate surface area is 81.9 Å².